The van der Waals surface area contributed by atoms with Gasteiger partial charge in [0.25, 0.3) is 11.8 Å². The lowest BCUT2D eigenvalue weighted by Crippen LogP contribution is -2.45. The summed E-state index contributed by atoms with van der Waals surface area (Å²) in [5.74, 6) is 1.59. The number of carbonyl (C=O) groups is 2. The molecule has 0 radical (unpaired) electrons. The van der Waals surface area contributed by atoms with E-state index in [1.54, 1.807) is 29.5 Å². The third-order valence-corrected chi connectivity index (χ3v) is 7.86. The van der Waals surface area contributed by atoms with Crippen LogP contribution in [0, 0.1) is 0 Å². The van der Waals surface area contributed by atoms with Crippen molar-refractivity contribution >= 4 is 23.2 Å². The molecule has 3 aliphatic heterocycles. The minimum atomic E-state index is -0.291. The molecule has 0 aliphatic carbocycles. The SMILES string of the molecule is COc1ccc2cc1OCC(=O)NCc1ccc(cc1)O[C@H]1CN(Cc3cnc(-c4cccs4)nc3)C[C@@H]1NC2=O. The summed E-state index contributed by atoms with van der Waals surface area (Å²) in [4.78, 5) is 38.1. The molecule has 4 aromatic rings. The number of nitrogens with one attached hydrogen (secondary N) is 2. The van der Waals surface area contributed by atoms with Crippen LogP contribution in [0.4, 0.5) is 0 Å². The van der Waals surface area contributed by atoms with Crippen molar-refractivity contribution in [1.82, 2.24) is 25.5 Å². The van der Waals surface area contributed by atoms with Crippen molar-refractivity contribution in [3.8, 4) is 28.0 Å². The van der Waals surface area contributed by atoms with Crippen LogP contribution in [-0.2, 0) is 17.9 Å². The van der Waals surface area contributed by atoms with Gasteiger partial charge in [-0.1, -0.05) is 18.2 Å². The minimum Gasteiger partial charge on any atom is -0.493 e. The molecular formula is C30H29N5O5S. The Bertz CT molecular complexity index is 1510. The highest BCUT2D eigenvalue weighted by molar-refractivity contribution is 7.13. The van der Waals surface area contributed by atoms with Crippen molar-refractivity contribution < 1.29 is 23.8 Å². The van der Waals surface area contributed by atoms with Crippen LogP contribution in [0.5, 0.6) is 17.2 Å². The van der Waals surface area contributed by atoms with Crippen molar-refractivity contribution in [1.29, 1.82) is 0 Å². The van der Waals surface area contributed by atoms with Crippen molar-refractivity contribution in [2.24, 2.45) is 0 Å². The maximum absolute atomic E-state index is 13.4. The van der Waals surface area contributed by atoms with Gasteiger partial charge < -0.3 is 24.8 Å². The molecule has 7 rings (SSSR count). The van der Waals surface area contributed by atoms with Gasteiger partial charge in [0.15, 0.2) is 23.9 Å². The quantitative estimate of drug-likeness (QED) is 0.384. The van der Waals surface area contributed by atoms with E-state index in [1.165, 1.54) is 7.11 Å². The van der Waals surface area contributed by atoms with Crippen molar-refractivity contribution in [3.05, 3.63) is 89.1 Å². The standard InChI is InChI=1S/C30H29N5O5S/c1-38-24-9-6-21-11-25(24)39-18-28(36)31-12-19-4-7-22(8-5-19)40-26-17-35(16-23(26)34-30(21)37)15-20-13-32-29(33-14-20)27-3-2-10-41-27/h2-11,13-14,23,26H,12,15-18H2,1H3,(H,31,36)(H,34,37)/t23-,26-/m0/s1. The van der Waals surface area contributed by atoms with E-state index in [0.29, 0.717) is 54.8 Å². The van der Waals surface area contributed by atoms with Crippen LogP contribution in [0.25, 0.3) is 10.7 Å². The van der Waals surface area contributed by atoms with E-state index in [9.17, 15) is 9.59 Å². The number of carbonyl (C=O) groups excluding carboxylic acids is 2. The Morgan fingerprint density at radius 3 is 2.66 bits per heavy atom. The van der Waals surface area contributed by atoms with Gasteiger partial charge in [0.2, 0.25) is 0 Å². The van der Waals surface area contributed by atoms with E-state index < -0.39 is 0 Å². The van der Waals surface area contributed by atoms with E-state index in [0.717, 1.165) is 16.0 Å². The van der Waals surface area contributed by atoms with Gasteiger partial charge in [-0.15, -0.1) is 11.3 Å². The fraction of sp³-hybridized carbons (Fsp3) is 0.267. The largest absolute Gasteiger partial charge is 0.493 e. The molecule has 1 saturated heterocycles. The van der Waals surface area contributed by atoms with Gasteiger partial charge in [-0.05, 0) is 47.3 Å². The van der Waals surface area contributed by atoms with Gasteiger partial charge in [0, 0.05) is 49.7 Å². The van der Waals surface area contributed by atoms with Crippen molar-refractivity contribution in [2.45, 2.75) is 25.2 Å². The number of likely N-dealkylation sites (tertiary alicyclic amines) is 1. The second-order valence-corrected chi connectivity index (χ2v) is 10.8. The summed E-state index contributed by atoms with van der Waals surface area (Å²) in [6, 6.07) is 16.2. The van der Waals surface area contributed by atoms with Crippen molar-refractivity contribution in [3.63, 3.8) is 0 Å². The molecule has 1 fully saturated rings. The minimum absolute atomic E-state index is 0.208. The van der Waals surface area contributed by atoms with Crippen molar-refractivity contribution in [2.75, 3.05) is 26.8 Å². The summed E-state index contributed by atoms with van der Waals surface area (Å²) >= 11 is 1.61. The van der Waals surface area contributed by atoms with E-state index in [-0.39, 0.29) is 30.6 Å². The molecule has 2 N–H and O–H groups in total. The summed E-state index contributed by atoms with van der Waals surface area (Å²) in [7, 11) is 1.51. The molecule has 4 bridgehead atoms. The Hall–Kier alpha value is -4.48. The van der Waals surface area contributed by atoms with Gasteiger partial charge in [0.05, 0.1) is 18.0 Å². The molecule has 210 valence electrons. The third kappa shape index (κ3) is 6.31. The zero-order valence-electron chi connectivity index (χ0n) is 22.4. The summed E-state index contributed by atoms with van der Waals surface area (Å²) in [6.07, 6.45) is 3.41. The molecule has 41 heavy (non-hydrogen) atoms. The number of aromatic nitrogens is 2. The maximum atomic E-state index is 13.4. The number of thiophene rings is 1. The number of hydrogen-bond acceptors (Lipinski definition) is 9. The fourth-order valence-corrected chi connectivity index (χ4v) is 5.58. The average molecular weight is 572 g/mol. The van der Waals surface area contributed by atoms with Gasteiger partial charge in [-0.25, -0.2) is 9.97 Å². The molecule has 2 aromatic carbocycles. The molecule has 5 heterocycles. The first-order chi connectivity index (χ1) is 20.0. The van der Waals surface area contributed by atoms with E-state index in [2.05, 4.69) is 25.5 Å². The number of hydrogen-bond donors (Lipinski definition) is 2. The van der Waals surface area contributed by atoms with Crippen LogP contribution in [0.2, 0.25) is 0 Å². The molecule has 2 amide bonds. The lowest BCUT2D eigenvalue weighted by molar-refractivity contribution is -0.123. The first-order valence-electron chi connectivity index (χ1n) is 13.3. The lowest BCUT2D eigenvalue weighted by Gasteiger charge is -2.21. The lowest BCUT2D eigenvalue weighted by atomic mass is 10.1. The Balaban J connectivity index is 1.23. The number of nitrogens with zero attached hydrogens (tertiary/aromatic N) is 3. The summed E-state index contributed by atoms with van der Waals surface area (Å²) in [5, 5.41) is 8.00. The molecule has 10 nitrogen and oxygen atoms in total. The van der Waals surface area contributed by atoms with Crippen LogP contribution in [0.15, 0.2) is 72.4 Å². The Morgan fingerprint density at radius 2 is 1.90 bits per heavy atom. The van der Waals surface area contributed by atoms with Gasteiger partial charge in [-0.2, -0.15) is 0 Å². The Morgan fingerprint density at radius 1 is 1.07 bits per heavy atom. The molecule has 0 spiro atoms. The highest BCUT2D eigenvalue weighted by Crippen LogP contribution is 2.29. The predicted molar refractivity (Wildman–Crippen MR) is 153 cm³/mol. The maximum Gasteiger partial charge on any atom is 0.258 e. The second kappa shape index (κ2) is 11.9. The van der Waals surface area contributed by atoms with E-state index in [1.807, 2.05) is 54.2 Å². The number of fused-ring (bicyclic) bond motifs is 7. The summed E-state index contributed by atoms with van der Waals surface area (Å²) < 4.78 is 17.5. The Labute approximate surface area is 241 Å². The van der Waals surface area contributed by atoms with Crippen LogP contribution in [-0.4, -0.2) is 65.6 Å². The second-order valence-electron chi connectivity index (χ2n) is 9.90. The molecule has 11 heteroatoms. The number of rotatable bonds is 4. The summed E-state index contributed by atoms with van der Waals surface area (Å²) in [6.45, 7) is 1.95. The van der Waals surface area contributed by atoms with Crippen LogP contribution in [0.3, 0.4) is 0 Å². The first-order valence-corrected chi connectivity index (χ1v) is 14.1. The monoisotopic (exact) mass is 571 g/mol. The third-order valence-electron chi connectivity index (χ3n) is 7.00. The topological polar surface area (TPSA) is 115 Å². The van der Waals surface area contributed by atoms with Crippen LogP contribution >= 0.6 is 11.3 Å². The smallest absolute Gasteiger partial charge is 0.258 e. The zero-order valence-corrected chi connectivity index (χ0v) is 23.2. The molecule has 0 unspecified atom stereocenters. The van der Waals surface area contributed by atoms with E-state index in [4.69, 9.17) is 14.2 Å². The number of amides is 2. The zero-order chi connectivity index (χ0) is 28.2. The Kier molecular flexibility index (Phi) is 7.79. The van der Waals surface area contributed by atoms with Gasteiger partial charge in [-0.3, -0.25) is 14.5 Å². The first kappa shape index (κ1) is 26.7. The fourth-order valence-electron chi connectivity index (χ4n) is 4.90. The molecule has 3 aliphatic rings. The normalized spacial score (nSPS) is 19.3. The van der Waals surface area contributed by atoms with E-state index >= 15 is 0 Å². The van der Waals surface area contributed by atoms with Crippen LogP contribution in [0.1, 0.15) is 21.5 Å². The number of methoxy groups -OCH3 is 1. The highest BCUT2D eigenvalue weighted by atomic mass is 32.1. The van der Waals surface area contributed by atoms with Crippen LogP contribution < -0.4 is 24.8 Å². The summed E-state index contributed by atoms with van der Waals surface area (Å²) in [5.41, 5.74) is 2.30. The number of benzene rings is 2. The number of ether oxygens (including phenoxy) is 3. The van der Waals surface area contributed by atoms with Gasteiger partial charge in [0.1, 0.15) is 11.9 Å². The molecule has 2 aromatic heterocycles. The predicted octanol–water partition coefficient (Wildman–Crippen LogP) is 3.28. The highest BCUT2D eigenvalue weighted by Gasteiger charge is 2.36. The van der Waals surface area contributed by atoms with Gasteiger partial charge >= 0.3 is 0 Å². The average Bonchev–Trinajstić information content (AvgIpc) is 3.66. The molecular weight excluding hydrogens is 542 g/mol. The molecule has 2 atom stereocenters. The molecule has 0 saturated carbocycles.